The third kappa shape index (κ3) is 3.47. The Morgan fingerprint density at radius 1 is 1.21 bits per heavy atom. The van der Waals surface area contributed by atoms with Crippen molar-refractivity contribution in [1.29, 1.82) is 0 Å². The van der Waals surface area contributed by atoms with Gasteiger partial charge in [0, 0.05) is 34.5 Å². The van der Waals surface area contributed by atoms with Gasteiger partial charge in [0.15, 0.2) is 0 Å². The molecule has 2 rings (SSSR count). The molecule has 0 saturated carbocycles. The van der Waals surface area contributed by atoms with Crippen molar-refractivity contribution in [3.8, 4) is 0 Å². The molecule has 0 amide bonds. The number of halogens is 2. The SMILES string of the molecule is CCN(Cc1cc(Br)ccc1F)c1cccc(N)c1. The number of nitrogens with two attached hydrogens (primary N) is 1. The molecule has 0 radical (unpaired) electrons. The molecule has 2 aromatic rings. The zero-order valence-corrected chi connectivity index (χ0v) is 12.3. The maximum atomic E-state index is 13.8. The quantitative estimate of drug-likeness (QED) is 0.855. The fraction of sp³-hybridized carbons (Fsp3) is 0.200. The Labute approximate surface area is 121 Å². The third-order valence-corrected chi connectivity index (χ3v) is 3.48. The highest BCUT2D eigenvalue weighted by molar-refractivity contribution is 9.10. The molecular weight excluding hydrogens is 307 g/mol. The lowest BCUT2D eigenvalue weighted by atomic mass is 10.1. The number of rotatable bonds is 4. The Kier molecular flexibility index (Phi) is 4.43. The van der Waals surface area contributed by atoms with Gasteiger partial charge in [-0.1, -0.05) is 22.0 Å². The third-order valence-electron chi connectivity index (χ3n) is 2.99. The molecule has 0 atom stereocenters. The molecule has 0 heterocycles. The van der Waals surface area contributed by atoms with E-state index >= 15 is 0 Å². The zero-order valence-electron chi connectivity index (χ0n) is 10.7. The summed E-state index contributed by atoms with van der Waals surface area (Å²) in [5.41, 5.74) is 8.17. The Hall–Kier alpha value is -1.55. The molecule has 0 aliphatic carbocycles. The number of nitrogens with zero attached hydrogens (tertiary/aromatic N) is 1. The number of benzene rings is 2. The van der Waals surface area contributed by atoms with E-state index in [-0.39, 0.29) is 5.82 Å². The van der Waals surface area contributed by atoms with Gasteiger partial charge in [-0.05, 0) is 43.3 Å². The van der Waals surface area contributed by atoms with Gasteiger partial charge in [0.25, 0.3) is 0 Å². The number of hydrogen-bond donors (Lipinski definition) is 1. The summed E-state index contributed by atoms with van der Waals surface area (Å²) in [6.07, 6.45) is 0. The Morgan fingerprint density at radius 3 is 2.68 bits per heavy atom. The Bertz CT molecular complexity index is 572. The summed E-state index contributed by atoms with van der Waals surface area (Å²) in [6, 6.07) is 12.6. The van der Waals surface area contributed by atoms with E-state index in [9.17, 15) is 4.39 Å². The van der Waals surface area contributed by atoms with Crippen LogP contribution in [0, 0.1) is 5.82 Å². The summed E-state index contributed by atoms with van der Waals surface area (Å²) < 4.78 is 14.7. The highest BCUT2D eigenvalue weighted by atomic mass is 79.9. The molecular formula is C15H16BrFN2. The van der Waals surface area contributed by atoms with Crippen molar-refractivity contribution in [2.45, 2.75) is 13.5 Å². The molecule has 0 aliphatic heterocycles. The lowest BCUT2D eigenvalue weighted by molar-refractivity contribution is 0.605. The molecule has 0 unspecified atom stereocenters. The number of nitrogen functional groups attached to an aromatic ring is 1. The van der Waals surface area contributed by atoms with Gasteiger partial charge >= 0.3 is 0 Å². The van der Waals surface area contributed by atoms with Gasteiger partial charge in [-0.25, -0.2) is 4.39 Å². The molecule has 0 aromatic heterocycles. The standard InChI is InChI=1S/C15H16BrFN2/c1-2-19(14-5-3-4-13(18)9-14)10-11-8-12(16)6-7-15(11)17/h3-9H,2,10,18H2,1H3. The molecule has 0 saturated heterocycles. The van der Waals surface area contributed by atoms with Gasteiger partial charge < -0.3 is 10.6 Å². The number of hydrogen-bond acceptors (Lipinski definition) is 2. The molecule has 4 heteroatoms. The smallest absolute Gasteiger partial charge is 0.128 e. The van der Waals surface area contributed by atoms with Crippen LogP contribution in [-0.4, -0.2) is 6.54 Å². The van der Waals surface area contributed by atoms with Crippen molar-refractivity contribution in [2.24, 2.45) is 0 Å². The molecule has 0 spiro atoms. The second-order valence-corrected chi connectivity index (χ2v) is 5.26. The maximum Gasteiger partial charge on any atom is 0.128 e. The van der Waals surface area contributed by atoms with Gasteiger partial charge in [0.05, 0.1) is 0 Å². The number of anilines is 2. The molecule has 0 aliphatic rings. The van der Waals surface area contributed by atoms with E-state index in [4.69, 9.17) is 5.73 Å². The zero-order chi connectivity index (χ0) is 13.8. The van der Waals surface area contributed by atoms with Crippen LogP contribution in [0.2, 0.25) is 0 Å². The lowest BCUT2D eigenvalue weighted by Gasteiger charge is -2.24. The summed E-state index contributed by atoms with van der Waals surface area (Å²) in [7, 11) is 0. The summed E-state index contributed by atoms with van der Waals surface area (Å²) in [6.45, 7) is 3.35. The topological polar surface area (TPSA) is 29.3 Å². The van der Waals surface area contributed by atoms with Crippen molar-refractivity contribution in [3.63, 3.8) is 0 Å². The largest absolute Gasteiger partial charge is 0.399 e. The monoisotopic (exact) mass is 322 g/mol. The highest BCUT2D eigenvalue weighted by Gasteiger charge is 2.09. The molecule has 2 aromatic carbocycles. The molecule has 19 heavy (non-hydrogen) atoms. The minimum atomic E-state index is -0.189. The fourth-order valence-corrected chi connectivity index (χ4v) is 2.39. The first-order chi connectivity index (χ1) is 9.10. The van der Waals surface area contributed by atoms with Crippen LogP contribution >= 0.6 is 15.9 Å². The summed E-state index contributed by atoms with van der Waals surface area (Å²) in [4.78, 5) is 2.08. The van der Waals surface area contributed by atoms with E-state index in [1.54, 1.807) is 6.07 Å². The second kappa shape index (κ2) is 6.06. The van der Waals surface area contributed by atoms with Gasteiger partial charge in [-0.2, -0.15) is 0 Å². The van der Waals surface area contributed by atoms with Crippen LogP contribution in [0.4, 0.5) is 15.8 Å². The van der Waals surface area contributed by atoms with Crippen LogP contribution in [0.25, 0.3) is 0 Å². The van der Waals surface area contributed by atoms with E-state index in [0.29, 0.717) is 17.8 Å². The predicted octanol–water partition coefficient (Wildman–Crippen LogP) is 4.20. The Balaban J connectivity index is 2.26. The van der Waals surface area contributed by atoms with Crippen LogP contribution < -0.4 is 10.6 Å². The van der Waals surface area contributed by atoms with E-state index in [2.05, 4.69) is 20.8 Å². The molecule has 0 bridgehead atoms. The average molecular weight is 323 g/mol. The minimum Gasteiger partial charge on any atom is -0.399 e. The van der Waals surface area contributed by atoms with E-state index in [0.717, 1.165) is 16.7 Å². The molecule has 2 N–H and O–H groups in total. The van der Waals surface area contributed by atoms with Crippen molar-refractivity contribution < 1.29 is 4.39 Å². The first-order valence-corrected chi connectivity index (χ1v) is 6.94. The van der Waals surface area contributed by atoms with Gasteiger partial charge in [-0.3, -0.25) is 0 Å². The van der Waals surface area contributed by atoms with Gasteiger partial charge in [0.1, 0.15) is 5.82 Å². The fourth-order valence-electron chi connectivity index (χ4n) is 1.98. The Morgan fingerprint density at radius 2 is 2.00 bits per heavy atom. The van der Waals surface area contributed by atoms with Crippen LogP contribution in [0.15, 0.2) is 46.9 Å². The van der Waals surface area contributed by atoms with E-state index in [1.165, 1.54) is 6.07 Å². The van der Waals surface area contributed by atoms with Gasteiger partial charge in [0.2, 0.25) is 0 Å². The summed E-state index contributed by atoms with van der Waals surface area (Å²) >= 11 is 3.37. The van der Waals surface area contributed by atoms with E-state index in [1.807, 2.05) is 37.3 Å². The van der Waals surface area contributed by atoms with Crippen LogP contribution in [0.5, 0.6) is 0 Å². The first-order valence-electron chi connectivity index (χ1n) is 6.14. The summed E-state index contributed by atoms with van der Waals surface area (Å²) in [5, 5.41) is 0. The van der Waals surface area contributed by atoms with Crippen LogP contribution in [0.3, 0.4) is 0 Å². The van der Waals surface area contributed by atoms with Crippen molar-refractivity contribution in [1.82, 2.24) is 0 Å². The predicted molar refractivity (Wildman–Crippen MR) is 81.7 cm³/mol. The first kappa shape index (κ1) is 13.9. The summed E-state index contributed by atoms with van der Waals surface area (Å²) in [5.74, 6) is -0.189. The average Bonchev–Trinajstić information content (AvgIpc) is 2.39. The minimum absolute atomic E-state index is 0.189. The van der Waals surface area contributed by atoms with Crippen LogP contribution in [-0.2, 0) is 6.54 Å². The molecule has 2 nitrogen and oxygen atoms in total. The second-order valence-electron chi connectivity index (χ2n) is 4.34. The van der Waals surface area contributed by atoms with E-state index < -0.39 is 0 Å². The van der Waals surface area contributed by atoms with Crippen molar-refractivity contribution in [2.75, 3.05) is 17.2 Å². The normalized spacial score (nSPS) is 10.5. The van der Waals surface area contributed by atoms with Crippen molar-refractivity contribution >= 4 is 27.3 Å². The highest BCUT2D eigenvalue weighted by Crippen LogP contribution is 2.22. The maximum absolute atomic E-state index is 13.8. The molecule has 100 valence electrons. The van der Waals surface area contributed by atoms with Crippen LogP contribution in [0.1, 0.15) is 12.5 Å². The lowest BCUT2D eigenvalue weighted by Crippen LogP contribution is -2.22. The van der Waals surface area contributed by atoms with Gasteiger partial charge in [-0.15, -0.1) is 0 Å². The van der Waals surface area contributed by atoms with Crippen molar-refractivity contribution in [3.05, 3.63) is 58.3 Å². The molecule has 0 fully saturated rings.